The molecule has 2 unspecified atom stereocenters. The summed E-state index contributed by atoms with van der Waals surface area (Å²) in [5.74, 6) is 0.360. The van der Waals surface area contributed by atoms with Crippen LogP contribution in [0, 0.1) is 5.92 Å². The molecule has 0 radical (unpaired) electrons. The van der Waals surface area contributed by atoms with Crippen LogP contribution in [0.5, 0.6) is 0 Å². The molecule has 0 aliphatic carbocycles. The van der Waals surface area contributed by atoms with Crippen LogP contribution in [-0.2, 0) is 0 Å². The maximum absolute atomic E-state index is 12.3. The first-order valence-electron chi connectivity index (χ1n) is 5.49. The molecule has 1 saturated heterocycles. The number of benzene rings is 1. The number of carbonyl (C=O) groups is 1. The molecule has 1 fully saturated rings. The summed E-state index contributed by atoms with van der Waals surface area (Å²) >= 11 is 9.21. The summed E-state index contributed by atoms with van der Waals surface area (Å²) < 4.78 is 0.725. The van der Waals surface area contributed by atoms with Gasteiger partial charge in [-0.2, -0.15) is 0 Å². The van der Waals surface area contributed by atoms with E-state index in [1.165, 1.54) is 0 Å². The van der Waals surface area contributed by atoms with E-state index in [0.717, 1.165) is 11.0 Å². The molecule has 1 aliphatic heterocycles. The lowest BCUT2D eigenvalue weighted by Gasteiger charge is -2.16. The van der Waals surface area contributed by atoms with Gasteiger partial charge in [-0.05, 0) is 40.0 Å². The zero-order valence-corrected chi connectivity index (χ0v) is 11.8. The van der Waals surface area contributed by atoms with Crippen molar-refractivity contribution in [1.82, 2.24) is 4.90 Å². The van der Waals surface area contributed by atoms with Crippen LogP contribution in [0.25, 0.3) is 0 Å². The van der Waals surface area contributed by atoms with Crippen molar-refractivity contribution in [1.29, 1.82) is 0 Å². The normalized spacial score (nSPS) is 24.1. The molecule has 2 atom stereocenters. The van der Waals surface area contributed by atoms with E-state index in [-0.39, 0.29) is 11.9 Å². The highest BCUT2D eigenvalue weighted by molar-refractivity contribution is 9.10. The Balaban J connectivity index is 2.20. The number of hydrogen-bond donors (Lipinski definition) is 1. The van der Waals surface area contributed by atoms with Gasteiger partial charge in [-0.3, -0.25) is 4.79 Å². The molecule has 1 aromatic rings. The summed E-state index contributed by atoms with van der Waals surface area (Å²) in [6, 6.07) is 5.27. The maximum atomic E-state index is 12.3. The predicted molar refractivity (Wildman–Crippen MR) is 72.2 cm³/mol. The van der Waals surface area contributed by atoms with Gasteiger partial charge in [0.2, 0.25) is 0 Å². The fourth-order valence-electron chi connectivity index (χ4n) is 1.99. The third-order valence-corrected chi connectivity index (χ3v) is 4.01. The molecule has 1 aliphatic rings. The Hall–Kier alpha value is -0.580. The van der Waals surface area contributed by atoms with E-state index < -0.39 is 0 Å². The Morgan fingerprint density at radius 3 is 2.76 bits per heavy atom. The zero-order chi connectivity index (χ0) is 12.6. The molecule has 17 heavy (non-hydrogen) atoms. The highest BCUT2D eigenvalue weighted by Crippen LogP contribution is 2.25. The molecule has 3 nitrogen and oxygen atoms in total. The number of amides is 1. The fraction of sp³-hybridized carbons (Fsp3) is 0.417. The summed E-state index contributed by atoms with van der Waals surface area (Å²) in [6.07, 6.45) is 0. The summed E-state index contributed by atoms with van der Waals surface area (Å²) in [5, 5.41) is 0.611. The largest absolute Gasteiger partial charge is 0.337 e. The average molecular weight is 318 g/mol. The number of likely N-dealkylation sites (tertiary alicyclic amines) is 1. The minimum Gasteiger partial charge on any atom is -0.337 e. The van der Waals surface area contributed by atoms with Gasteiger partial charge in [0.15, 0.2) is 0 Å². The number of hydrogen-bond acceptors (Lipinski definition) is 2. The number of nitrogens with zero attached hydrogens (tertiary/aromatic N) is 1. The second-order valence-corrected chi connectivity index (χ2v) is 5.77. The van der Waals surface area contributed by atoms with Crippen molar-refractivity contribution >= 4 is 33.4 Å². The van der Waals surface area contributed by atoms with Gasteiger partial charge in [0, 0.05) is 28.6 Å². The van der Waals surface area contributed by atoms with Gasteiger partial charge in [-0.15, -0.1) is 0 Å². The van der Waals surface area contributed by atoms with Crippen molar-refractivity contribution in [3.63, 3.8) is 0 Å². The summed E-state index contributed by atoms with van der Waals surface area (Å²) in [7, 11) is 0. The van der Waals surface area contributed by atoms with Crippen LogP contribution in [0.4, 0.5) is 0 Å². The molecular formula is C12H14BrClN2O. The van der Waals surface area contributed by atoms with E-state index in [9.17, 15) is 4.79 Å². The van der Waals surface area contributed by atoms with E-state index in [1.54, 1.807) is 23.1 Å². The van der Waals surface area contributed by atoms with E-state index in [4.69, 9.17) is 17.3 Å². The van der Waals surface area contributed by atoms with Gasteiger partial charge in [0.1, 0.15) is 0 Å². The highest BCUT2D eigenvalue weighted by Gasteiger charge is 2.30. The first kappa shape index (κ1) is 12.9. The van der Waals surface area contributed by atoms with Gasteiger partial charge in [0.05, 0.1) is 5.56 Å². The molecular weight excluding hydrogens is 304 g/mol. The van der Waals surface area contributed by atoms with Crippen LogP contribution >= 0.6 is 27.5 Å². The highest BCUT2D eigenvalue weighted by atomic mass is 79.9. The van der Waals surface area contributed by atoms with Crippen molar-refractivity contribution in [2.75, 3.05) is 13.1 Å². The smallest absolute Gasteiger partial charge is 0.255 e. The fourth-order valence-corrected chi connectivity index (χ4v) is 2.84. The number of halogens is 2. The monoisotopic (exact) mass is 316 g/mol. The van der Waals surface area contributed by atoms with Crippen LogP contribution in [-0.4, -0.2) is 29.9 Å². The number of carbonyl (C=O) groups excluding carboxylic acids is 1. The Morgan fingerprint density at radius 2 is 2.24 bits per heavy atom. The molecule has 1 amide bonds. The second kappa shape index (κ2) is 4.96. The molecule has 2 N–H and O–H groups in total. The van der Waals surface area contributed by atoms with Crippen LogP contribution in [0.2, 0.25) is 5.02 Å². The molecule has 5 heteroatoms. The molecule has 0 spiro atoms. The van der Waals surface area contributed by atoms with Crippen molar-refractivity contribution in [3.05, 3.63) is 33.3 Å². The first-order chi connectivity index (χ1) is 7.99. The van der Waals surface area contributed by atoms with Gasteiger partial charge in [0.25, 0.3) is 5.91 Å². The molecule has 0 saturated carbocycles. The van der Waals surface area contributed by atoms with Crippen LogP contribution in [0.3, 0.4) is 0 Å². The molecule has 1 heterocycles. The molecule has 1 aromatic carbocycles. The summed E-state index contributed by atoms with van der Waals surface area (Å²) in [6.45, 7) is 3.40. The van der Waals surface area contributed by atoms with E-state index in [2.05, 4.69) is 22.9 Å². The van der Waals surface area contributed by atoms with Gasteiger partial charge in [-0.1, -0.05) is 18.5 Å². The van der Waals surface area contributed by atoms with Crippen molar-refractivity contribution in [2.45, 2.75) is 13.0 Å². The number of rotatable bonds is 1. The number of nitrogens with two attached hydrogens (primary N) is 1. The van der Waals surface area contributed by atoms with Crippen LogP contribution in [0.1, 0.15) is 17.3 Å². The van der Waals surface area contributed by atoms with Crippen LogP contribution < -0.4 is 5.73 Å². The SMILES string of the molecule is CC1CN(C(=O)c2ccc(Cl)cc2Br)CC1N. The Bertz CT molecular complexity index is 442. The first-order valence-corrected chi connectivity index (χ1v) is 6.66. The molecule has 92 valence electrons. The van der Waals surface area contributed by atoms with Gasteiger partial charge >= 0.3 is 0 Å². The molecule has 0 aromatic heterocycles. The minimum atomic E-state index is 0.00772. The van der Waals surface area contributed by atoms with Gasteiger partial charge in [-0.25, -0.2) is 0 Å². The quantitative estimate of drug-likeness (QED) is 0.865. The van der Waals surface area contributed by atoms with E-state index >= 15 is 0 Å². The van der Waals surface area contributed by atoms with E-state index in [0.29, 0.717) is 23.0 Å². The molecule has 2 rings (SSSR count). The van der Waals surface area contributed by atoms with Crippen molar-refractivity contribution in [3.8, 4) is 0 Å². The Labute approximate surface area is 114 Å². The van der Waals surface area contributed by atoms with Crippen molar-refractivity contribution in [2.24, 2.45) is 11.7 Å². The average Bonchev–Trinajstić information content (AvgIpc) is 2.58. The summed E-state index contributed by atoms with van der Waals surface area (Å²) in [4.78, 5) is 14.1. The van der Waals surface area contributed by atoms with Gasteiger partial charge < -0.3 is 10.6 Å². The Kier molecular flexibility index (Phi) is 3.76. The topological polar surface area (TPSA) is 46.3 Å². The zero-order valence-electron chi connectivity index (χ0n) is 9.49. The lowest BCUT2D eigenvalue weighted by molar-refractivity contribution is 0.0786. The Morgan fingerprint density at radius 1 is 1.53 bits per heavy atom. The minimum absolute atomic E-state index is 0.00772. The lowest BCUT2D eigenvalue weighted by atomic mass is 10.1. The van der Waals surface area contributed by atoms with E-state index in [1.807, 2.05) is 0 Å². The predicted octanol–water partition coefficient (Wildman–Crippen LogP) is 2.52. The van der Waals surface area contributed by atoms with Crippen molar-refractivity contribution < 1.29 is 4.79 Å². The lowest BCUT2D eigenvalue weighted by Crippen LogP contribution is -2.32. The maximum Gasteiger partial charge on any atom is 0.255 e. The van der Waals surface area contributed by atoms with Crippen LogP contribution in [0.15, 0.2) is 22.7 Å². The third kappa shape index (κ3) is 2.64. The second-order valence-electron chi connectivity index (χ2n) is 4.48. The third-order valence-electron chi connectivity index (χ3n) is 3.12. The standard InChI is InChI=1S/C12H14BrClN2O/c1-7-5-16(6-11(7)15)12(17)9-3-2-8(14)4-10(9)13/h2-4,7,11H,5-6,15H2,1H3. The summed E-state index contributed by atoms with van der Waals surface area (Å²) in [5.41, 5.74) is 6.55. The molecule has 0 bridgehead atoms.